The third kappa shape index (κ3) is 5.53. The molecule has 0 heterocycles. The third-order valence-corrected chi connectivity index (χ3v) is 3.84. The first-order chi connectivity index (χ1) is 10.8. The lowest BCUT2D eigenvalue weighted by Gasteiger charge is -2.12. The predicted molar refractivity (Wildman–Crippen MR) is 90.9 cm³/mol. The van der Waals surface area contributed by atoms with Gasteiger partial charge in [0.2, 0.25) is 0 Å². The Hall–Kier alpha value is -1.80. The highest BCUT2D eigenvalue weighted by Crippen LogP contribution is 2.23. The van der Waals surface area contributed by atoms with Gasteiger partial charge in [0.05, 0.1) is 6.10 Å². The summed E-state index contributed by atoms with van der Waals surface area (Å²) in [4.78, 5) is 0. The fourth-order valence-electron chi connectivity index (χ4n) is 2.46. The van der Waals surface area contributed by atoms with Gasteiger partial charge in [0.25, 0.3) is 0 Å². The molecular weight excluding hydrogens is 272 g/mol. The van der Waals surface area contributed by atoms with Crippen LogP contribution in [0.15, 0.2) is 54.6 Å². The lowest BCUT2D eigenvalue weighted by molar-refractivity contribution is 0.163. The lowest BCUT2D eigenvalue weighted by atomic mass is 10.0. The Morgan fingerprint density at radius 3 is 2.32 bits per heavy atom. The zero-order valence-corrected chi connectivity index (χ0v) is 13.4. The number of aliphatic hydroxyl groups excluding tert-OH is 1. The monoisotopic (exact) mass is 298 g/mol. The highest BCUT2D eigenvalue weighted by atomic mass is 16.5. The van der Waals surface area contributed by atoms with Gasteiger partial charge in [-0.1, -0.05) is 75.1 Å². The van der Waals surface area contributed by atoms with Gasteiger partial charge in [-0.3, -0.25) is 0 Å². The van der Waals surface area contributed by atoms with Crippen molar-refractivity contribution in [3.8, 4) is 5.75 Å². The van der Waals surface area contributed by atoms with Crippen LogP contribution in [0.3, 0.4) is 0 Å². The predicted octanol–water partition coefficient (Wildman–Crippen LogP) is 5.27. The largest absolute Gasteiger partial charge is 0.489 e. The Kier molecular flexibility index (Phi) is 6.98. The van der Waals surface area contributed by atoms with E-state index in [0.717, 1.165) is 29.7 Å². The van der Waals surface area contributed by atoms with E-state index in [2.05, 4.69) is 19.1 Å². The molecule has 2 rings (SSSR count). The van der Waals surface area contributed by atoms with E-state index < -0.39 is 0 Å². The van der Waals surface area contributed by atoms with E-state index in [9.17, 15) is 5.11 Å². The topological polar surface area (TPSA) is 29.5 Å². The second-order valence-electron chi connectivity index (χ2n) is 5.71. The molecule has 1 atom stereocenters. The van der Waals surface area contributed by atoms with Gasteiger partial charge in [-0.2, -0.15) is 0 Å². The molecule has 0 saturated heterocycles. The summed E-state index contributed by atoms with van der Waals surface area (Å²) in [5, 5.41) is 10.2. The van der Waals surface area contributed by atoms with Crippen molar-refractivity contribution in [1.29, 1.82) is 0 Å². The van der Waals surface area contributed by atoms with E-state index in [1.165, 1.54) is 19.3 Å². The van der Waals surface area contributed by atoms with Crippen LogP contribution in [0.4, 0.5) is 0 Å². The van der Waals surface area contributed by atoms with Crippen LogP contribution in [0.2, 0.25) is 0 Å². The molecule has 2 nitrogen and oxygen atoms in total. The van der Waals surface area contributed by atoms with Gasteiger partial charge < -0.3 is 9.84 Å². The molecule has 118 valence electrons. The summed E-state index contributed by atoms with van der Waals surface area (Å²) in [6.07, 6.45) is 5.24. The summed E-state index contributed by atoms with van der Waals surface area (Å²) in [5.74, 6) is 0.839. The van der Waals surface area contributed by atoms with Crippen molar-refractivity contribution in [3.63, 3.8) is 0 Å². The van der Waals surface area contributed by atoms with Crippen LogP contribution in [0, 0.1) is 0 Å². The van der Waals surface area contributed by atoms with Gasteiger partial charge in [-0.25, -0.2) is 0 Å². The molecule has 0 radical (unpaired) electrons. The Balaban J connectivity index is 1.79. The zero-order valence-electron chi connectivity index (χ0n) is 13.4. The van der Waals surface area contributed by atoms with Crippen LogP contribution in [0.25, 0.3) is 0 Å². The Labute approximate surface area is 133 Å². The minimum Gasteiger partial charge on any atom is -0.489 e. The van der Waals surface area contributed by atoms with Gasteiger partial charge in [-0.05, 0) is 29.7 Å². The second-order valence-corrected chi connectivity index (χ2v) is 5.71. The first kappa shape index (κ1) is 16.6. The molecule has 0 unspecified atom stereocenters. The maximum Gasteiger partial charge on any atom is 0.119 e. The maximum atomic E-state index is 10.2. The minimum atomic E-state index is -0.361. The highest BCUT2D eigenvalue weighted by Gasteiger charge is 2.07. The molecule has 2 aromatic rings. The number of hydrogen-bond acceptors (Lipinski definition) is 2. The molecule has 0 aromatic heterocycles. The van der Waals surface area contributed by atoms with Crippen molar-refractivity contribution >= 4 is 0 Å². The molecule has 22 heavy (non-hydrogen) atoms. The van der Waals surface area contributed by atoms with Crippen molar-refractivity contribution in [1.82, 2.24) is 0 Å². The van der Waals surface area contributed by atoms with Gasteiger partial charge in [0.15, 0.2) is 0 Å². The van der Waals surface area contributed by atoms with Crippen molar-refractivity contribution in [2.75, 3.05) is 0 Å². The van der Waals surface area contributed by atoms with Crippen LogP contribution in [-0.2, 0) is 6.61 Å². The van der Waals surface area contributed by atoms with E-state index in [1.54, 1.807) is 0 Å². The number of benzene rings is 2. The molecule has 0 amide bonds. The molecule has 0 bridgehead atoms. The molecule has 0 fully saturated rings. The summed E-state index contributed by atoms with van der Waals surface area (Å²) < 4.78 is 5.76. The standard InChI is InChI=1S/C20H26O2/c1-2-3-4-8-11-20(21)18-12-14-19(15-13-18)22-16-17-9-6-5-7-10-17/h5-7,9-10,12-15,20-21H,2-4,8,11,16H2,1H3/t20-/m0/s1. The van der Waals surface area contributed by atoms with Crippen LogP contribution in [0.1, 0.15) is 56.3 Å². The van der Waals surface area contributed by atoms with Gasteiger partial charge in [-0.15, -0.1) is 0 Å². The van der Waals surface area contributed by atoms with Gasteiger partial charge in [0.1, 0.15) is 12.4 Å². The molecular formula is C20H26O2. The van der Waals surface area contributed by atoms with E-state index in [4.69, 9.17) is 4.74 Å². The van der Waals surface area contributed by atoms with Gasteiger partial charge >= 0.3 is 0 Å². The quantitative estimate of drug-likeness (QED) is 0.639. The number of rotatable bonds is 9. The molecule has 2 aromatic carbocycles. The van der Waals surface area contributed by atoms with Crippen LogP contribution >= 0.6 is 0 Å². The molecule has 2 heteroatoms. The second kappa shape index (κ2) is 9.26. The molecule has 1 N–H and O–H groups in total. The SMILES string of the molecule is CCCCCC[C@H](O)c1ccc(OCc2ccccc2)cc1. The minimum absolute atomic E-state index is 0.361. The fraction of sp³-hybridized carbons (Fsp3) is 0.400. The summed E-state index contributed by atoms with van der Waals surface area (Å²) in [5.41, 5.74) is 2.13. The Bertz CT molecular complexity index is 519. The smallest absolute Gasteiger partial charge is 0.119 e. The van der Waals surface area contributed by atoms with Crippen molar-refractivity contribution in [2.45, 2.75) is 51.7 Å². The van der Waals surface area contributed by atoms with Gasteiger partial charge in [0, 0.05) is 0 Å². The normalized spacial score (nSPS) is 12.1. The van der Waals surface area contributed by atoms with Crippen LogP contribution in [-0.4, -0.2) is 5.11 Å². The molecule has 0 aliphatic heterocycles. The Morgan fingerprint density at radius 2 is 1.64 bits per heavy atom. The fourth-order valence-corrected chi connectivity index (χ4v) is 2.46. The zero-order chi connectivity index (χ0) is 15.6. The van der Waals surface area contributed by atoms with Crippen molar-refractivity contribution in [2.24, 2.45) is 0 Å². The third-order valence-electron chi connectivity index (χ3n) is 3.84. The van der Waals surface area contributed by atoms with E-state index >= 15 is 0 Å². The van der Waals surface area contributed by atoms with E-state index in [1.807, 2.05) is 42.5 Å². The summed E-state index contributed by atoms with van der Waals surface area (Å²) in [6, 6.07) is 17.9. The Morgan fingerprint density at radius 1 is 0.909 bits per heavy atom. The number of hydrogen-bond donors (Lipinski definition) is 1. The first-order valence-electron chi connectivity index (χ1n) is 8.24. The van der Waals surface area contributed by atoms with Crippen LogP contribution < -0.4 is 4.74 Å². The highest BCUT2D eigenvalue weighted by molar-refractivity contribution is 5.29. The lowest BCUT2D eigenvalue weighted by Crippen LogP contribution is -1.99. The molecule has 0 aliphatic carbocycles. The maximum absolute atomic E-state index is 10.2. The van der Waals surface area contributed by atoms with E-state index in [-0.39, 0.29) is 6.10 Å². The number of aliphatic hydroxyl groups is 1. The number of ether oxygens (including phenoxy) is 1. The van der Waals surface area contributed by atoms with Crippen molar-refractivity contribution < 1.29 is 9.84 Å². The summed E-state index contributed by atoms with van der Waals surface area (Å²) in [7, 11) is 0. The summed E-state index contributed by atoms with van der Waals surface area (Å²) in [6.45, 7) is 2.77. The number of unbranched alkanes of at least 4 members (excludes halogenated alkanes) is 3. The van der Waals surface area contributed by atoms with E-state index in [0.29, 0.717) is 6.61 Å². The average molecular weight is 298 g/mol. The molecule has 0 spiro atoms. The van der Waals surface area contributed by atoms with Crippen LogP contribution in [0.5, 0.6) is 5.75 Å². The molecule has 0 aliphatic rings. The average Bonchev–Trinajstić information content (AvgIpc) is 2.58. The summed E-state index contributed by atoms with van der Waals surface area (Å²) >= 11 is 0. The first-order valence-corrected chi connectivity index (χ1v) is 8.24. The van der Waals surface area contributed by atoms with Crippen molar-refractivity contribution in [3.05, 3.63) is 65.7 Å². The molecule has 0 saturated carbocycles.